The van der Waals surface area contributed by atoms with Gasteiger partial charge >= 0.3 is 0 Å². The lowest BCUT2D eigenvalue weighted by atomic mass is 10.1. The highest BCUT2D eigenvalue weighted by atomic mass is 16.5. The Morgan fingerprint density at radius 3 is 2.95 bits per heavy atom. The first-order valence-electron chi connectivity index (χ1n) is 7.54. The molecule has 22 heavy (non-hydrogen) atoms. The van der Waals surface area contributed by atoms with Gasteiger partial charge in [0.15, 0.2) is 0 Å². The Bertz CT molecular complexity index is 683. The number of aliphatic hydroxyl groups excluding tert-OH is 1. The van der Waals surface area contributed by atoms with Gasteiger partial charge < -0.3 is 15.2 Å². The van der Waals surface area contributed by atoms with Crippen LogP contribution in [0.5, 0.6) is 0 Å². The first-order chi connectivity index (χ1) is 10.7. The number of para-hydroxylation sites is 1. The van der Waals surface area contributed by atoms with E-state index in [9.17, 15) is 9.90 Å². The molecule has 1 aliphatic rings. The summed E-state index contributed by atoms with van der Waals surface area (Å²) < 4.78 is 4.86. The van der Waals surface area contributed by atoms with Crippen molar-refractivity contribution in [2.24, 2.45) is 0 Å². The summed E-state index contributed by atoms with van der Waals surface area (Å²) in [5.41, 5.74) is 2.45. The Morgan fingerprint density at radius 1 is 1.45 bits per heavy atom. The molecule has 1 amide bonds. The number of rotatable bonds is 6. The first-order valence-corrected chi connectivity index (χ1v) is 7.54. The number of carbonyl (C=O) groups excluding carboxylic acids is 1. The lowest BCUT2D eigenvalue weighted by molar-refractivity contribution is 0.0610. The van der Waals surface area contributed by atoms with Gasteiger partial charge in [-0.3, -0.25) is 9.78 Å². The average Bonchev–Trinajstić information content (AvgIpc) is 3.36. The molecule has 5 heteroatoms. The number of carbonyl (C=O) groups is 1. The maximum Gasteiger partial charge on any atom is 0.252 e. The van der Waals surface area contributed by atoms with Gasteiger partial charge in [0.1, 0.15) is 0 Å². The fourth-order valence-electron chi connectivity index (χ4n) is 2.53. The van der Waals surface area contributed by atoms with E-state index in [1.54, 1.807) is 0 Å². The molecule has 1 aromatic carbocycles. The Hall–Kier alpha value is -1.98. The molecule has 0 aliphatic heterocycles. The van der Waals surface area contributed by atoms with Crippen molar-refractivity contribution in [3.8, 4) is 0 Å². The van der Waals surface area contributed by atoms with Crippen LogP contribution in [0.25, 0.3) is 10.9 Å². The molecule has 0 radical (unpaired) electrons. The highest BCUT2D eigenvalue weighted by Gasteiger charge is 2.26. The number of nitrogens with zero attached hydrogens (tertiary/aromatic N) is 1. The summed E-state index contributed by atoms with van der Waals surface area (Å²) in [6, 6.07) is 9.54. The fraction of sp³-hybridized carbons (Fsp3) is 0.412. The van der Waals surface area contributed by atoms with Crippen LogP contribution in [-0.2, 0) is 4.74 Å². The minimum Gasteiger partial charge on any atom is -0.389 e. The highest BCUT2D eigenvalue weighted by molar-refractivity contribution is 6.06. The standard InChI is InChI=1S/C17H20N2O3/c1-22-10-12(20)9-18-17(21)14-8-16(11-6-7-11)19-15-5-3-2-4-13(14)15/h2-5,8,11-12,20H,6-7,9-10H2,1H3,(H,18,21). The minimum absolute atomic E-state index is 0.169. The van der Waals surface area contributed by atoms with E-state index in [1.165, 1.54) is 7.11 Å². The summed E-state index contributed by atoms with van der Waals surface area (Å²) in [5, 5.41) is 13.3. The maximum atomic E-state index is 12.5. The zero-order valence-corrected chi connectivity index (χ0v) is 12.6. The van der Waals surface area contributed by atoms with Gasteiger partial charge in [-0.05, 0) is 25.0 Å². The average molecular weight is 300 g/mol. The van der Waals surface area contributed by atoms with Crippen molar-refractivity contribution in [1.82, 2.24) is 10.3 Å². The number of methoxy groups -OCH3 is 1. The summed E-state index contributed by atoms with van der Waals surface area (Å²) in [6.45, 7) is 0.368. The van der Waals surface area contributed by atoms with Crippen LogP contribution in [0.2, 0.25) is 0 Å². The third kappa shape index (κ3) is 3.26. The fourth-order valence-corrected chi connectivity index (χ4v) is 2.53. The van der Waals surface area contributed by atoms with Gasteiger partial charge in [-0.2, -0.15) is 0 Å². The molecule has 2 aromatic rings. The largest absolute Gasteiger partial charge is 0.389 e. The van der Waals surface area contributed by atoms with E-state index in [2.05, 4.69) is 10.3 Å². The van der Waals surface area contributed by atoms with Crippen LogP contribution in [0.1, 0.15) is 34.8 Å². The van der Waals surface area contributed by atoms with Crippen molar-refractivity contribution in [3.63, 3.8) is 0 Å². The molecule has 2 N–H and O–H groups in total. The summed E-state index contributed by atoms with van der Waals surface area (Å²) in [7, 11) is 1.52. The summed E-state index contributed by atoms with van der Waals surface area (Å²) in [6.07, 6.45) is 1.57. The number of aromatic nitrogens is 1. The number of nitrogens with one attached hydrogen (secondary N) is 1. The van der Waals surface area contributed by atoms with E-state index in [0.717, 1.165) is 29.4 Å². The van der Waals surface area contributed by atoms with Gasteiger partial charge in [-0.1, -0.05) is 18.2 Å². The predicted octanol–water partition coefficient (Wildman–Crippen LogP) is 1.85. The normalized spacial score (nSPS) is 15.7. The number of fused-ring (bicyclic) bond motifs is 1. The van der Waals surface area contributed by atoms with Crippen molar-refractivity contribution in [2.45, 2.75) is 24.9 Å². The molecule has 0 spiro atoms. The number of hydrogen-bond acceptors (Lipinski definition) is 4. The maximum absolute atomic E-state index is 12.5. The molecular weight excluding hydrogens is 280 g/mol. The van der Waals surface area contributed by atoms with E-state index < -0.39 is 6.10 Å². The highest BCUT2D eigenvalue weighted by Crippen LogP contribution is 2.40. The van der Waals surface area contributed by atoms with E-state index >= 15 is 0 Å². The number of amides is 1. The van der Waals surface area contributed by atoms with Crippen LogP contribution >= 0.6 is 0 Å². The second-order valence-electron chi connectivity index (χ2n) is 5.71. The lowest BCUT2D eigenvalue weighted by Crippen LogP contribution is -2.34. The van der Waals surface area contributed by atoms with Gasteiger partial charge in [-0.25, -0.2) is 0 Å². The predicted molar refractivity (Wildman–Crippen MR) is 83.9 cm³/mol. The molecule has 1 aromatic heterocycles. The number of pyridine rings is 1. The molecule has 1 unspecified atom stereocenters. The molecule has 5 nitrogen and oxygen atoms in total. The molecule has 1 atom stereocenters. The number of aliphatic hydroxyl groups is 1. The Labute approximate surface area is 129 Å². The second kappa shape index (κ2) is 6.42. The molecular formula is C17H20N2O3. The van der Waals surface area contributed by atoms with E-state index in [0.29, 0.717) is 11.5 Å². The van der Waals surface area contributed by atoms with Crippen molar-refractivity contribution < 1.29 is 14.6 Å². The van der Waals surface area contributed by atoms with E-state index in [-0.39, 0.29) is 19.1 Å². The topological polar surface area (TPSA) is 71.5 Å². The first kappa shape index (κ1) is 14.9. The second-order valence-corrected chi connectivity index (χ2v) is 5.71. The third-order valence-corrected chi connectivity index (χ3v) is 3.83. The summed E-state index contributed by atoms with van der Waals surface area (Å²) in [5.74, 6) is 0.297. The number of benzene rings is 1. The molecule has 1 aliphatic carbocycles. The molecule has 1 heterocycles. The summed E-state index contributed by atoms with van der Waals surface area (Å²) in [4.78, 5) is 17.1. The van der Waals surface area contributed by atoms with E-state index in [1.807, 2.05) is 30.3 Å². The molecule has 1 fully saturated rings. The zero-order valence-electron chi connectivity index (χ0n) is 12.6. The molecule has 116 valence electrons. The van der Waals surface area contributed by atoms with Crippen LogP contribution in [-0.4, -0.2) is 42.4 Å². The minimum atomic E-state index is -0.704. The third-order valence-electron chi connectivity index (χ3n) is 3.83. The quantitative estimate of drug-likeness (QED) is 0.854. The van der Waals surface area contributed by atoms with Crippen molar-refractivity contribution >= 4 is 16.8 Å². The van der Waals surface area contributed by atoms with E-state index in [4.69, 9.17) is 4.74 Å². The smallest absolute Gasteiger partial charge is 0.252 e. The molecule has 0 bridgehead atoms. The van der Waals surface area contributed by atoms with Crippen LogP contribution in [0.15, 0.2) is 30.3 Å². The van der Waals surface area contributed by atoms with Gasteiger partial charge in [-0.15, -0.1) is 0 Å². The van der Waals surface area contributed by atoms with Crippen LogP contribution in [0, 0.1) is 0 Å². The zero-order chi connectivity index (χ0) is 15.5. The van der Waals surface area contributed by atoms with Gasteiger partial charge in [0, 0.05) is 30.7 Å². The lowest BCUT2D eigenvalue weighted by Gasteiger charge is -2.13. The Balaban J connectivity index is 1.86. The summed E-state index contributed by atoms with van der Waals surface area (Å²) >= 11 is 0. The van der Waals surface area contributed by atoms with Gasteiger partial charge in [0.05, 0.1) is 23.8 Å². The van der Waals surface area contributed by atoms with Crippen molar-refractivity contribution in [1.29, 1.82) is 0 Å². The number of ether oxygens (including phenoxy) is 1. The SMILES string of the molecule is COCC(O)CNC(=O)c1cc(C2CC2)nc2ccccc12. The number of hydrogen-bond donors (Lipinski definition) is 2. The Morgan fingerprint density at radius 2 is 2.23 bits per heavy atom. The van der Waals surface area contributed by atoms with Crippen LogP contribution < -0.4 is 5.32 Å². The molecule has 1 saturated carbocycles. The van der Waals surface area contributed by atoms with Crippen molar-refractivity contribution in [3.05, 3.63) is 41.6 Å². The van der Waals surface area contributed by atoms with Crippen molar-refractivity contribution in [2.75, 3.05) is 20.3 Å². The Kier molecular flexibility index (Phi) is 4.36. The van der Waals surface area contributed by atoms with Crippen LogP contribution in [0.4, 0.5) is 0 Å². The monoisotopic (exact) mass is 300 g/mol. The molecule has 0 saturated heterocycles. The van der Waals surface area contributed by atoms with Gasteiger partial charge in [0.25, 0.3) is 5.91 Å². The van der Waals surface area contributed by atoms with Crippen LogP contribution in [0.3, 0.4) is 0 Å². The molecule has 3 rings (SSSR count). The van der Waals surface area contributed by atoms with Gasteiger partial charge in [0.2, 0.25) is 0 Å².